The molecular weight excluding hydrogens is 1580 g/mol. The molecule has 0 radical (unpaired) electrons. The molecule has 0 aromatic carbocycles. The molecule has 17 atom stereocenters. The van der Waals surface area contributed by atoms with Crippen LogP contribution in [-0.4, -0.2) is 307 Å². The van der Waals surface area contributed by atoms with Crippen molar-refractivity contribution in [3.63, 3.8) is 0 Å². The van der Waals surface area contributed by atoms with E-state index in [1.54, 1.807) is 56.6 Å². The van der Waals surface area contributed by atoms with E-state index in [-0.39, 0.29) is 137 Å². The average Bonchev–Trinajstić information content (AvgIpc) is 1.34. The highest BCUT2D eigenvalue weighted by Crippen LogP contribution is 2.43. The summed E-state index contributed by atoms with van der Waals surface area (Å²) in [4.78, 5) is 120. The highest BCUT2D eigenvalue weighted by atomic mass is 33.1. The number of aliphatic hydroxyl groups excluding tert-OH is 9. The largest absolute Gasteiger partial charge is 0.466 e. The van der Waals surface area contributed by atoms with Gasteiger partial charge in [0.25, 0.3) is 0 Å². The smallest absolute Gasteiger partial charge is 0.407 e. The third kappa shape index (κ3) is 41.9. The summed E-state index contributed by atoms with van der Waals surface area (Å²) in [6.07, 6.45) is 1.07. The Morgan fingerprint density at radius 1 is 0.441 bits per heavy atom. The van der Waals surface area contributed by atoms with Crippen molar-refractivity contribution in [3.05, 3.63) is 0 Å². The Balaban J connectivity index is 1.30. The lowest BCUT2D eigenvalue weighted by molar-refractivity contribution is -0.282. The molecule has 0 aliphatic carbocycles. The van der Waals surface area contributed by atoms with Crippen molar-refractivity contribution in [2.45, 2.75) is 337 Å². The van der Waals surface area contributed by atoms with Crippen LogP contribution in [0.5, 0.6) is 0 Å². The number of methoxy groups -OCH3 is 2. The third-order valence-corrected chi connectivity index (χ3v) is 25.7. The van der Waals surface area contributed by atoms with Crippen LogP contribution in [-0.2, 0) is 90.5 Å². The van der Waals surface area contributed by atoms with E-state index in [1.807, 2.05) is 4.90 Å². The van der Waals surface area contributed by atoms with E-state index < -0.39 is 135 Å². The molecule has 4 amide bonds. The number of amides is 4. The third-order valence-electron chi connectivity index (χ3n) is 22.4. The van der Waals surface area contributed by atoms with Gasteiger partial charge in [0, 0.05) is 139 Å². The summed E-state index contributed by atoms with van der Waals surface area (Å²) < 4.78 is 61.7. The zero-order valence-corrected chi connectivity index (χ0v) is 72.8. The molecule has 33 nitrogen and oxygen atoms in total. The van der Waals surface area contributed by atoms with Gasteiger partial charge in [-0.25, -0.2) is 4.79 Å². The van der Waals surface area contributed by atoms with Crippen LogP contribution in [0.1, 0.15) is 247 Å². The van der Waals surface area contributed by atoms with Gasteiger partial charge >= 0.3 is 18.0 Å². The number of carbonyl (C=O) groups excluding carboxylic acids is 9. The van der Waals surface area contributed by atoms with Gasteiger partial charge in [0.2, 0.25) is 17.7 Å². The van der Waals surface area contributed by atoms with Gasteiger partial charge < -0.3 is 119 Å². The van der Waals surface area contributed by atoms with Crippen molar-refractivity contribution < 1.29 is 141 Å². The SMILES string of the molecule is COC[C@H]1C[C@H](OC)CN1C(=O)CCCCC(=O)CCC(C)(C)SSCCC(=O)CC(CCCOC(=O)CCCCCNC(=O)CCCOC1OC(CO)C(O)C(O)C1C)(CCCOC(=O)CCCCCNC(=O)CCCOC1OC(CO)C(O)C(O)C1C)CCCOC(=O)NCCCCCC(=O)CCCOC1OC(CO)C(O)C(O)C1C. The lowest BCUT2D eigenvalue weighted by Gasteiger charge is -2.40. The number of ketones is 3. The molecule has 4 fully saturated rings. The molecule has 0 spiro atoms. The number of hydrogen-bond acceptors (Lipinski definition) is 31. The van der Waals surface area contributed by atoms with E-state index in [0.717, 1.165) is 6.42 Å². The van der Waals surface area contributed by atoms with E-state index in [0.29, 0.717) is 199 Å². The van der Waals surface area contributed by atoms with Gasteiger partial charge in [0.15, 0.2) is 18.9 Å². The highest BCUT2D eigenvalue weighted by molar-refractivity contribution is 8.77. The molecule has 0 aromatic heterocycles. The fourth-order valence-electron chi connectivity index (χ4n) is 14.9. The van der Waals surface area contributed by atoms with Gasteiger partial charge in [-0.1, -0.05) is 61.6 Å². The molecule has 0 saturated carbocycles. The number of likely N-dealkylation sites (tertiary alicyclic amines) is 1. The number of carbonyl (C=O) groups is 9. The van der Waals surface area contributed by atoms with Gasteiger partial charge in [-0.2, -0.15) is 0 Å². The minimum absolute atomic E-state index is 0.00179. The molecule has 4 rings (SSSR count). The molecule has 12 N–H and O–H groups in total. The maximum Gasteiger partial charge on any atom is 0.407 e. The van der Waals surface area contributed by atoms with Gasteiger partial charge in [-0.05, 0) is 141 Å². The summed E-state index contributed by atoms with van der Waals surface area (Å²) in [6.45, 7) is 10.4. The van der Waals surface area contributed by atoms with Crippen LogP contribution in [0, 0.1) is 23.2 Å². The van der Waals surface area contributed by atoms with Crippen LogP contribution in [0.15, 0.2) is 0 Å². The minimum atomic E-state index is -1.24. The van der Waals surface area contributed by atoms with Gasteiger partial charge in [-0.3, -0.25) is 38.4 Å². The Bertz CT molecular complexity index is 2640. The maximum absolute atomic E-state index is 14.4. The summed E-state index contributed by atoms with van der Waals surface area (Å²) in [5, 5.41) is 98.4. The zero-order chi connectivity index (χ0) is 86.8. The van der Waals surface area contributed by atoms with Gasteiger partial charge in [0.05, 0.1) is 96.5 Å². The number of unbranched alkanes of at least 4 members (excludes halogenated alkanes) is 7. The molecular formula is C83H146N4O29S2. The summed E-state index contributed by atoms with van der Waals surface area (Å²) in [5.41, 5.74) is -0.700. The minimum Gasteiger partial charge on any atom is -0.466 e. The molecule has 684 valence electrons. The van der Waals surface area contributed by atoms with Crippen LogP contribution in [0.2, 0.25) is 0 Å². The molecule has 4 heterocycles. The Labute approximate surface area is 706 Å². The lowest BCUT2D eigenvalue weighted by atomic mass is 9.71. The van der Waals surface area contributed by atoms with Gasteiger partial charge in [-0.15, -0.1) is 0 Å². The molecule has 35 heteroatoms. The first-order chi connectivity index (χ1) is 56.5. The Morgan fingerprint density at radius 2 is 0.847 bits per heavy atom. The van der Waals surface area contributed by atoms with E-state index in [2.05, 4.69) is 29.8 Å². The number of hydrogen-bond donors (Lipinski definition) is 12. The maximum atomic E-state index is 14.4. The monoisotopic (exact) mass is 1730 g/mol. The molecule has 4 saturated heterocycles. The topological polar surface area (TPSA) is 477 Å². The number of Topliss-reactive ketones (excluding diaryl/α,β-unsaturated/α-hetero) is 3. The molecule has 118 heavy (non-hydrogen) atoms. The molecule has 0 bridgehead atoms. The quantitative estimate of drug-likeness (QED) is 0.0146. The fraction of sp³-hybridized carbons (Fsp3) is 0.892. The Morgan fingerprint density at radius 3 is 1.30 bits per heavy atom. The number of alkyl carbamates (subject to hydrolysis) is 1. The summed E-state index contributed by atoms with van der Waals surface area (Å²) in [6, 6.07) is -0.0306. The summed E-state index contributed by atoms with van der Waals surface area (Å²) in [5.74, 6) is -2.10. The van der Waals surface area contributed by atoms with Crippen LogP contribution in [0.25, 0.3) is 0 Å². The van der Waals surface area contributed by atoms with Crippen molar-refractivity contribution >= 4 is 74.7 Å². The molecule has 4 aliphatic heterocycles. The predicted molar refractivity (Wildman–Crippen MR) is 438 cm³/mol. The number of ether oxygens (including phenoxy) is 11. The van der Waals surface area contributed by atoms with Crippen LogP contribution >= 0.6 is 21.6 Å². The van der Waals surface area contributed by atoms with Crippen molar-refractivity contribution in [2.75, 3.05) is 112 Å². The fourth-order valence-corrected chi connectivity index (χ4v) is 17.5. The van der Waals surface area contributed by atoms with E-state index >= 15 is 0 Å². The number of rotatable bonds is 66. The van der Waals surface area contributed by atoms with E-state index in [1.165, 1.54) is 0 Å². The average molecular weight is 1730 g/mol. The second kappa shape index (κ2) is 60.3. The van der Waals surface area contributed by atoms with Crippen molar-refractivity contribution in [2.24, 2.45) is 23.2 Å². The normalized spacial score (nSPS) is 25.8. The first kappa shape index (κ1) is 106. The molecule has 15 unspecified atom stereocenters. The summed E-state index contributed by atoms with van der Waals surface area (Å²) >= 11 is 0. The zero-order valence-electron chi connectivity index (χ0n) is 71.2. The van der Waals surface area contributed by atoms with Crippen molar-refractivity contribution in [1.29, 1.82) is 0 Å². The number of esters is 2. The predicted octanol–water partition coefficient (Wildman–Crippen LogP) is 5.91. The van der Waals surface area contributed by atoms with Crippen LogP contribution in [0.4, 0.5) is 4.79 Å². The summed E-state index contributed by atoms with van der Waals surface area (Å²) in [7, 11) is 6.44. The van der Waals surface area contributed by atoms with Crippen LogP contribution < -0.4 is 16.0 Å². The van der Waals surface area contributed by atoms with E-state index in [9.17, 15) is 89.1 Å². The lowest BCUT2D eigenvalue weighted by Crippen LogP contribution is -2.55. The number of aliphatic hydroxyl groups is 9. The molecule has 0 aromatic rings. The van der Waals surface area contributed by atoms with Crippen molar-refractivity contribution in [1.82, 2.24) is 20.9 Å². The first-order valence-electron chi connectivity index (χ1n) is 43.2. The van der Waals surface area contributed by atoms with E-state index in [4.69, 9.17) is 52.1 Å². The van der Waals surface area contributed by atoms with Crippen molar-refractivity contribution in [3.8, 4) is 0 Å². The number of nitrogens with zero attached hydrogens (tertiary/aromatic N) is 1. The van der Waals surface area contributed by atoms with Gasteiger partial charge in [0.1, 0.15) is 54.0 Å². The number of nitrogens with one attached hydrogen (secondary N) is 3. The van der Waals surface area contributed by atoms with Crippen LogP contribution in [0.3, 0.4) is 0 Å². The Kier molecular flexibility index (Phi) is 54.1. The Hall–Kier alpha value is -4.35. The standard InChI is InChI=1S/C83H146N4O29S2/c1-56-72(99)75(102)64(52-88)114-78(56)110-42-19-27-60(91)25-11-8-18-41-86-81(105)113-47-24-37-83(35-22-45-108-70(97)31-12-9-16-39-84-67(94)28-20-43-111-79-57(2)73(100)76(103)65(53-89)115-79,36-23-46-109-71(98)32-13-10-17-40-85-68(95)29-21-44-112-80-58(3)74(101)77(104)66(54-90)116-80)50-62(93)34-48-117-118-82(4,5)38-33-61(92)26-14-15-30-69(96)87-51-63(107-7)49-59(87)55-106-6/h56-59,63-66,72-80,88-90,99-104H,8-55H2,1-7H3,(H,84,94)(H,85,95)(H,86,105)/t56?,57?,58?,59-,63+,64?,65?,66?,72?,73?,74?,75?,76?,77?,78?,79?,80?,83?/m1/s1. The second-order valence-corrected chi connectivity index (χ2v) is 35.9. The second-order valence-electron chi connectivity index (χ2n) is 32.7. The highest BCUT2D eigenvalue weighted by Gasteiger charge is 2.45. The first-order valence-corrected chi connectivity index (χ1v) is 45.5. The molecule has 4 aliphatic rings.